The fourth-order valence-corrected chi connectivity index (χ4v) is 3.73. The van der Waals surface area contributed by atoms with Crippen LogP contribution in [-0.4, -0.2) is 33.1 Å². The smallest absolute Gasteiger partial charge is 0.251 e. The number of amides is 1. The normalized spacial score (nSPS) is 15.4. The number of ether oxygens (including phenoxy) is 1. The van der Waals surface area contributed by atoms with Crippen LogP contribution in [0.25, 0.3) is 11.5 Å². The number of nitrogens with one attached hydrogen (secondary N) is 2. The maximum absolute atomic E-state index is 12.8. The SMILES string of the molecule is CC(C)(COc1cccc2c1C(N)=NS(=O)N2)NC(=O)c1ccnc(-c2ccco2)c1. The van der Waals surface area contributed by atoms with Gasteiger partial charge in [0.15, 0.2) is 5.76 Å². The molecule has 4 rings (SSSR count). The maximum atomic E-state index is 12.8. The Morgan fingerprint density at radius 3 is 2.90 bits per heavy atom. The zero-order chi connectivity index (χ0) is 22.0. The van der Waals surface area contributed by atoms with Crippen LogP contribution in [-0.2, 0) is 11.2 Å². The summed E-state index contributed by atoms with van der Waals surface area (Å²) in [6.07, 6.45) is 3.11. The summed E-state index contributed by atoms with van der Waals surface area (Å²) in [6, 6.07) is 12.1. The summed E-state index contributed by atoms with van der Waals surface area (Å²) in [6.45, 7) is 3.86. The average Bonchev–Trinajstić information content (AvgIpc) is 3.26. The van der Waals surface area contributed by atoms with E-state index in [0.717, 1.165) is 0 Å². The molecule has 0 aliphatic carbocycles. The van der Waals surface area contributed by atoms with Crippen LogP contribution in [0.2, 0.25) is 0 Å². The summed E-state index contributed by atoms with van der Waals surface area (Å²) in [5.41, 5.74) is 7.38. The Balaban J connectivity index is 1.46. The summed E-state index contributed by atoms with van der Waals surface area (Å²) in [7, 11) is 0. The molecule has 0 fully saturated rings. The van der Waals surface area contributed by atoms with Crippen molar-refractivity contribution in [1.29, 1.82) is 0 Å². The number of benzene rings is 1. The highest BCUT2D eigenvalue weighted by molar-refractivity contribution is 7.85. The number of hydrogen-bond donors (Lipinski definition) is 3. The number of fused-ring (bicyclic) bond motifs is 1. The van der Waals surface area contributed by atoms with Gasteiger partial charge in [0, 0.05) is 11.8 Å². The number of nitrogens with zero attached hydrogens (tertiary/aromatic N) is 2. The van der Waals surface area contributed by atoms with Crippen LogP contribution < -0.4 is 20.5 Å². The molecule has 160 valence electrons. The second-order valence-corrected chi connectivity index (χ2v) is 8.43. The largest absolute Gasteiger partial charge is 0.490 e. The maximum Gasteiger partial charge on any atom is 0.251 e. The number of carbonyl (C=O) groups is 1. The van der Waals surface area contributed by atoms with Gasteiger partial charge in [-0.15, -0.1) is 0 Å². The van der Waals surface area contributed by atoms with Gasteiger partial charge in [0.25, 0.3) is 5.91 Å². The van der Waals surface area contributed by atoms with E-state index in [1.165, 1.54) is 0 Å². The molecule has 0 radical (unpaired) electrons. The molecule has 0 saturated carbocycles. The number of hydrogen-bond acceptors (Lipinski definition) is 6. The van der Waals surface area contributed by atoms with Gasteiger partial charge in [-0.1, -0.05) is 6.07 Å². The highest BCUT2D eigenvalue weighted by Crippen LogP contribution is 2.30. The highest BCUT2D eigenvalue weighted by atomic mass is 32.2. The molecule has 3 heterocycles. The number of amidine groups is 1. The van der Waals surface area contributed by atoms with Crippen LogP contribution in [0.4, 0.5) is 5.69 Å². The van der Waals surface area contributed by atoms with E-state index >= 15 is 0 Å². The van der Waals surface area contributed by atoms with Crippen molar-refractivity contribution in [2.75, 3.05) is 11.3 Å². The molecule has 1 unspecified atom stereocenters. The Labute approximate surface area is 181 Å². The molecular formula is C21H21N5O4S. The van der Waals surface area contributed by atoms with Gasteiger partial charge < -0.3 is 20.2 Å². The molecule has 10 heteroatoms. The molecule has 3 aromatic rings. The minimum atomic E-state index is -1.61. The highest BCUT2D eigenvalue weighted by Gasteiger charge is 2.25. The predicted molar refractivity (Wildman–Crippen MR) is 118 cm³/mol. The quantitative estimate of drug-likeness (QED) is 0.541. The molecule has 1 aromatic carbocycles. The van der Waals surface area contributed by atoms with Gasteiger partial charge in [-0.05, 0) is 50.2 Å². The third-order valence-corrected chi connectivity index (χ3v) is 5.25. The molecule has 9 nitrogen and oxygen atoms in total. The van der Waals surface area contributed by atoms with Crippen molar-refractivity contribution < 1.29 is 18.2 Å². The zero-order valence-electron chi connectivity index (χ0n) is 16.9. The van der Waals surface area contributed by atoms with Gasteiger partial charge in [0.05, 0.1) is 23.1 Å². The van der Waals surface area contributed by atoms with Crippen LogP contribution >= 0.6 is 0 Å². The van der Waals surface area contributed by atoms with Crippen molar-refractivity contribution >= 4 is 28.6 Å². The van der Waals surface area contributed by atoms with Crippen LogP contribution in [0.3, 0.4) is 0 Å². The Morgan fingerprint density at radius 2 is 2.13 bits per heavy atom. The summed E-state index contributed by atoms with van der Waals surface area (Å²) < 4.78 is 29.5. The van der Waals surface area contributed by atoms with E-state index < -0.39 is 16.7 Å². The Hall–Kier alpha value is -3.66. The van der Waals surface area contributed by atoms with E-state index in [1.807, 2.05) is 13.8 Å². The van der Waals surface area contributed by atoms with Gasteiger partial charge in [-0.2, -0.15) is 4.40 Å². The lowest BCUT2D eigenvalue weighted by Crippen LogP contribution is -2.48. The van der Waals surface area contributed by atoms with Crippen LogP contribution in [0.1, 0.15) is 29.8 Å². The van der Waals surface area contributed by atoms with Crippen molar-refractivity contribution in [2.24, 2.45) is 10.1 Å². The molecule has 31 heavy (non-hydrogen) atoms. The molecule has 1 aliphatic heterocycles. The Bertz CT molecular complexity index is 1170. The van der Waals surface area contributed by atoms with E-state index in [1.54, 1.807) is 54.9 Å². The number of aromatic nitrogens is 1. The van der Waals surface area contributed by atoms with E-state index in [0.29, 0.717) is 34.0 Å². The number of nitrogens with two attached hydrogens (primary N) is 1. The van der Waals surface area contributed by atoms with E-state index in [9.17, 15) is 9.00 Å². The molecule has 1 atom stereocenters. The van der Waals surface area contributed by atoms with Crippen LogP contribution in [0, 0.1) is 0 Å². The lowest BCUT2D eigenvalue weighted by Gasteiger charge is -2.27. The first kappa shape index (κ1) is 20.6. The standard InChI is InChI=1S/C21H21N5O4S/c1-21(2,12-30-17-6-3-5-14-18(17)19(22)26-31(28)25-14)24-20(27)13-8-9-23-15(11-13)16-7-4-10-29-16/h3-11,25H,12H2,1-2H3,(H2,22,26)(H,24,27). The van der Waals surface area contributed by atoms with Crippen molar-refractivity contribution in [3.8, 4) is 17.2 Å². The third-order valence-electron chi connectivity index (χ3n) is 4.50. The monoisotopic (exact) mass is 439 g/mol. The van der Waals surface area contributed by atoms with E-state index in [-0.39, 0.29) is 18.3 Å². The molecular weight excluding hydrogens is 418 g/mol. The number of rotatable bonds is 6. The first-order chi connectivity index (χ1) is 14.8. The minimum Gasteiger partial charge on any atom is -0.490 e. The third kappa shape index (κ3) is 4.58. The van der Waals surface area contributed by atoms with Gasteiger partial charge >= 0.3 is 0 Å². The summed E-state index contributed by atoms with van der Waals surface area (Å²) in [5.74, 6) is 0.929. The summed E-state index contributed by atoms with van der Waals surface area (Å²) in [4.78, 5) is 17.0. The van der Waals surface area contributed by atoms with Crippen LogP contribution in [0.5, 0.6) is 5.75 Å². The Morgan fingerprint density at radius 1 is 1.29 bits per heavy atom. The van der Waals surface area contributed by atoms with Crippen molar-refractivity contribution in [3.63, 3.8) is 0 Å². The average molecular weight is 439 g/mol. The van der Waals surface area contributed by atoms with E-state index in [4.69, 9.17) is 14.9 Å². The molecule has 1 amide bonds. The second kappa shape index (κ2) is 8.23. The topological polar surface area (TPSA) is 132 Å². The second-order valence-electron chi connectivity index (χ2n) is 7.54. The first-order valence-electron chi connectivity index (χ1n) is 9.44. The number of furan rings is 1. The molecule has 0 saturated heterocycles. The number of anilines is 1. The molecule has 1 aliphatic rings. The summed E-state index contributed by atoms with van der Waals surface area (Å²) >= 11 is -1.61. The summed E-state index contributed by atoms with van der Waals surface area (Å²) in [5, 5.41) is 2.97. The fraction of sp³-hybridized carbons (Fsp3) is 0.190. The number of pyridine rings is 1. The fourth-order valence-electron chi connectivity index (χ4n) is 3.06. The minimum absolute atomic E-state index is 0.131. The van der Waals surface area contributed by atoms with E-state index in [2.05, 4.69) is 19.4 Å². The Kier molecular flexibility index (Phi) is 5.47. The molecule has 4 N–H and O–H groups in total. The first-order valence-corrected chi connectivity index (χ1v) is 10.5. The molecule has 0 bridgehead atoms. The molecule has 0 spiro atoms. The van der Waals surface area contributed by atoms with Gasteiger partial charge in [-0.25, -0.2) is 4.21 Å². The van der Waals surface area contributed by atoms with Crippen LogP contribution in [0.15, 0.2) is 63.7 Å². The van der Waals surface area contributed by atoms with Gasteiger partial charge in [0.2, 0.25) is 11.2 Å². The van der Waals surface area contributed by atoms with Crippen molar-refractivity contribution in [3.05, 3.63) is 66.1 Å². The molecule has 2 aromatic heterocycles. The van der Waals surface area contributed by atoms with Gasteiger partial charge in [-0.3, -0.25) is 14.5 Å². The van der Waals surface area contributed by atoms with Gasteiger partial charge in [0.1, 0.15) is 23.9 Å². The number of carbonyl (C=O) groups excluding carboxylic acids is 1. The zero-order valence-corrected chi connectivity index (χ0v) is 17.7. The lowest BCUT2D eigenvalue weighted by atomic mass is 10.1. The predicted octanol–water partition coefficient (Wildman–Crippen LogP) is 2.64. The van der Waals surface area contributed by atoms with Crippen molar-refractivity contribution in [2.45, 2.75) is 19.4 Å². The van der Waals surface area contributed by atoms with Crippen molar-refractivity contribution in [1.82, 2.24) is 10.3 Å². The lowest BCUT2D eigenvalue weighted by molar-refractivity contribution is 0.0880.